The number of rotatable bonds is 6. The number of hydrogen-bond donors (Lipinski definition) is 1. The molecule has 0 spiro atoms. The monoisotopic (exact) mass is 480 g/mol. The van der Waals surface area contributed by atoms with E-state index >= 15 is 0 Å². The minimum absolute atomic E-state index is 0.136. The molecule has 0 saturated carbocycles. The highest BCUT2D eigenvalue weighted by molar-refractivity contribution is 7.91. The lowest BCUT2D eigenvalue weighted by Crippen LogP contribution is -2.43. The summed E-state index contributed by atoms with van der Waals surface area (Å²) < 4.78 is 33.1. The van der Waals surface area contributed by atoms with Crippen molar-refractivity contribution in [3.63, 3.8) is 0 Å². The van der Waals surface area contributed by atoms with E-state index in [2.05, 4.69) is 15.5 Å². The maximum absolute atomic E-state index is 13.2. The molecule has 31 heavy (non-hydrogen) atoms. The standard InChI is InChI=1S/C20H21ClN4O4S2/c1-2-17-23-19(24-29-17)14-10-18(30-12-14)31(27,28)25-9-3-4-13(11-25)20(26)22-16-7-5-15(21)6-8-16/h5-8,10,12-13H,2-4,9,11H2,1H3,(H,22,26). The van der Waals surface area contributed by atoms with E-state index in [4.69, 9.17) is 16.1 Å². The van der Waals surface area contributed by atoms with Gasteiger partial charge in [0, 0.05) is 41.2 Å². The first kappa shape index (κ1) is 21.9. The van der Waals surface area contributed by atoms with Crippen LogP contribution in [0.15, 0.2) is 44.4 Å². The van der Waals surface area contributed by atoms with Gasteiger partial charge in [-0.25, -0.2) is 8.42 Å². The summed E-state index contributed by atoms with van der Waals surface area (Å²) in [4.78, 5) is 16.9. The minimum Gasteiger partial charge on any atom is -0.339 e. The van der Waals surface area contributed by atoms with Crippen LogP contribution in [0.25, 0.3) is 11.4 Å². The Morgan fingerprint density at radius 2 is 2.13 bits per heavy atom. The van der Waals surface area contributed by atoms with Gasteiger partial charge in [-0.1, -0.05) is 23.7 Å². The molecule has 1 atom stereocenters. The molecule has 1 N–H and O–H groups in total. The van der Waals surface area contributed by atoms with Crippen molar-refractivity contribution in [2.45, 2.75) is 30.4 Å². The van der Waals surface area contributed by atoms with E-state index in [0.717, 1.165) is 11.3 Å². The molecule has 1 aliphatic heterocycles. The average Bonchev–Trinajstić information content (AvgIpc) is 3.45. The Labute approximate surface area is 189 Å². The molecule has 1 aliphatic rings. The zero-order valence-electron chi connectivity index (χ0n) is 16.7. The fourth-order valence-electron chi connectivity index (χ4n) is 3.36. The van der Waals surface area contributed by atoms with Gasteiger partial charge in [-0.3, -0.25) is 4.79 Å². The Bertz CT molecular complexity index is 1170. The summed E-state index contributed by atoms with van der Waals surface area (Å²) in [5, 5.41) is 9.02. The highest BCUT2D eigenvalue weighted by atomic mass is 35.5. The highest BCUT2D eigenvalue weighted by Gasteiger charge is 2.34. The van der Waals surface area contributed by atoms with Crippen LogP contribution in [0.3, 0.4) is 0 Å². The number of thiophene rings is 1. The van der Waals surface area contributed by atoms with Crippen LogP contribution in [-0.2, 0) is 21.2 Å². The number of piperidine rings is 1. The average molecular weight is 481 g/mol. The van der Waals surface area contributed by atoms with Gasteiger partial charge in [0.15, 0.2) is 0 Å². The van der Waals surface area contributed by atoms with Gasteiger partial charge in [0.25, 0.3) is 10.0 Å². The molecular formula is C20H21ClN4O4S2. The van der Waals surface area contributed by atoms with Gasteiger partial charge in [-0.15, -0.1) is 11.3 Å². The second kappa shape index (κ2) is 9.07. The van der Waals surface area contributed by atoms with Crippen LogP contribution in [0, 0.1) is 5.92 Å². The zero-order valence-corrected chi connectivity index (χ0v) is 19.1. The predicted molar refractivity (Wildman–Crippen MR) is 119 cm³/mol. The number of hydrogen-bond acceptors (Lipinski definition) is 7. The SMILES string of the molecule is CCc1nc(-c2csc(S(=O)(=O)N3CCCC(C(=O)Nc4ccc(Cl)cc4)C3)c2)no1. The first-order valence-electron chi connectivity index (χ1n) is 9.85. The number of anilines is 1. The number of aromatic nitrogens is 2. The van der Waals surface area contributed by atoms with Gasteiger partial charge in [0.1, 0.15) is 4.21 Å². The second-order valence-electron chi connectivity index (χ2n) is 7.22. The lowest BCUT2D eigenvalue weighted by molar-refractivity contribution is -0.120. The summed E-state index contributed by atoms with van der Waals surface area (Å²) >= 11 is 6.99. The van der Waals surface area contributed by atoms with E-state index < -0.39 is 15.9 Å². The van der Waals surface area contributed by atoms with Crippen molar-refractivity contribution < 1.29 is 17.7 Å². The molecule has 1 amide bonds. The molecule has 164 valence electrons. The number of aryl methyl sites for hydroxylation is 1. The number of benzene rings is 1. The molecule has 4 rings (SSSR count). The third kappa shape index (κ3) is 4.82. The molecule has 0 aliphatic carbocycles. The van der Waals surface area contributed by atoms with Gasteiger partial charge in [-0.05, 0) is 43.2 Å². The quantitative estimate of drug-likeness (QED) is 0.570. The smallest absolute Gasteiger partial charge is 0.252 e. The molecule has 8 nitrogen and oxygen atoms in total. The number of halogens is 1. The summed E-state index contributed by atoms with van der Waals surface area (Å²) in [5.41, 5.74) is 1.23. The van der Waals surface area contributed by atoms with E-state index in [-0.39, 0.29) is 16.7 Å². The molecule has 1 saturated heterocycles. The molecular weight excluding hydrogens is 460 g/mol. The molecule has 3 heterocycles. The normalized spacial score (nSPS) is 17.5. The Hall–Kier alpha value is -2.27. The van der Waals surface area contributed by atoms with E-state index in [1.54, 1.807) is 35.7 Å². The number of nitrogens with zero attached hydrogens (tertiary/aromatic N) is 3. The second-order valence-corrected chi connectivity index (χ2v) is 10.7. The molecule has 11 heteroatoms. The summed E-state index contributed by atoms with van der Waals surface area (Å²) in [6.07, 6.45) is 1.85. The molecule has 0 bridgehead atoms. The van der Waals surface area contributed by atoms with Crippen molar-refractivity contribution in [2.24, 2.45) is 5.92 Å². The van der Waals surface area contributed by atoms with Crippen molar-refractivity contribution in [1.29, 1.82) is 0 Å². The Morgan fingerprint density at radius 1 is 1.35 bits per heavy atom. The summed E-state index contributed by atoms with van der Waals surface area (Å²) in [6.45, 7) is 2.41. The van der Waals surface area contributed by atoms with E-state index in [1.165, 1.54) is 4.31 Å². The number of nitrogens with one attached hydrogen (secondary N) is 1. The van der Waals surface area contributed by atoms with Gasteiger partial charge in [-0.2, -0.15) is 9.29 Å². The summed E-state index contributed by atoms with van der Waals surface area (Å²) in [6, 6.07) is 8.37. The Balaban J connectivity index is 1.47. The number of carbonyl (C=O) groups is 1. The van der Waals surface area contributed by atoms with Crippen molar-refractivity contribution >= 4 is 44.6 Å². The summed E-state index contributed by atoms with van der Waals surface area (Å²) in [5.74, 6) is 0.237. The van der Waals surface area contributed by atoms with Gasteiger partial charge in [0.2, 0.25) is 17.6 Å². The van der Waals surface area contributed by atoms with E-state index in [9.17, 15) is 13.2 Å². The number of sulfonamides is 1. The van der Waals surface area contributed by atoms with Gasteiger partial charge in [0.05, 0.1) is 5.92 Å². The van der Waals surface area contributed by atoms with Crippen molar-refractivity contribution in [3.05, 3.63) is 46.6 Å². The molecule has 0 radical (unpaired) electrons. The number of amides is 1. The van der Waals surface area contributed by atoms with Crippen LogP contribution in [0.5, 0.6) is 0 Å². The maximum atomic E-state index is 13.2. The van der Waals surface area contributed by atoms with E-state index in [1.807, 2.05) is 6.92 Å². The third-order valence-corrected chi connectivity index (χ3v) is 8.60. The first-order chi connectivity index (χ1) is 14.9. The fraction of sp³-hybridized carbons (Fsp3) is 0.350. The zero-order chi connectivity index (χ0) is 22.0. The summed E-state index contributed by atoms with van der Waals surface area (Å²) in [7, 11) is -3.72. The lowest BCUT2D eigenvalue weighted by Gasteiger charge is -2.30. The molecule has 2 aromatic heterocycles. The maximum Gasteiger partial charge on any atom is 0.252 e. The third-order valence-electron chi connectivity index (χ3n) is 5.06. The van der Waals surface area contributed by atoms with Crippen LogP contribution in [-0.4, -0.2) is 41.9 Å². The van der Waals surface area contributed by atoms with Crippen LogP contribution in [0.2, 0.25) is 5.02 Å². The van der Waals surface area contributed by atoms with Crippen LogP contribution < -0.4 is 5.32 Å². The minimum atomic E-state index is -3.72. The van der Waals surface area contributed by atoms with E-state index in [0.29, 0.717) is 53.8 Å². The van der Waals surface area contributed by atoms with Gasteiger partial charge >= 0.3 is 0 Å². The molecule has 1 fully saturated rings. The Kier molecular flexibility index (Phi) is 6.42. The van der Waals surface area contributed by atoms with Gasteiger partial charge < -0.3 is 9.84 Å². The highest BCUT2D eigenvalue weighted by Crippen LogP contribution is 2.31. The topological polar surface area (TPSA) is 105 Å². The van der Waals surface area contributed by atoms with Crippen molar-refractivity contribution in [2.75, 3.05) is 18.4 Å². The first-order valence-corrected chi connectivity index (χ1v) is 12.5. The molecule has 1 unspecified atom stereocenters. The van der Waals surface area contributed by atoms with Crippen LogP contribution in [0.4, 0.5) is 5.69 Å². The van der Waals surface area contributed by atoms with Crippen molar-refractivity contribution in [3.8, 4) is 11.4 Å². The fourth-order valence-corrected chi connectivity index (χ4v) is 6.32. The largest absolute Gasteiger partial charge is 0.339 e. The van der Waals surface area contributed by atoms with Crippen molar-refractivity contribution in [1.82, 2.24) is 14.4 Å². The molecule has 3 aromatic rings. The predicted octanol–water partition coefficient (Wildman–Crippen LogP) is 4.05. The van der Waals surface area contributed by atoms with Crippen LogP contribution in [0.1, 0.15) is 25.7 Å². The molecule has 1 aromatic carbocycles. The lowest BCUT2D eigenvalue weighted by atomic mass is 9.99. The number of carbonyl (C=O) groups excluding carboxylic acids is 1. The Morgan fingerprint density at radius 3 is 2.84 bits per heavy atom. The van der Waals surface area contributed by atoms with Crippen LogP contribution >= 0.6 is 22.9 Å².